The zero-order chi connectivity index (χ0) is 10.7. The molecule has 1 saturated carbocycles. The van der Waals surface area contributed by atoms with E-state index in [9.17, 15) is 0 Å². The Labute approximate surface area is 90.9 Å². The van der Waals surface area contributed by atoms with E-state index < -0.39 is 0 Å². The highest BCUT2D eigenvalue weighted by Crippen LogP contribution is 2.33. The van der Waals surface area contributed by atoms with Crippen molar-refractivity contribution in [3.8, 4) is 5.75 Å². The summed E-state index contributed by atoms with van der Waals surface area (Å²) in [4.78, 5) is 8.72. The summed E-state index contributed by atoms with van der Waals surface area (Å²) in [6.07, 6.45) is 8.60. The predicted molar refractivity (Wildman–Crippen MR) is 59.0 cm³/mol. The van der Waals surface area contributed by atoms with Crippen LogP contribution in [-0.4, -0.2) is 17.1 Å². The number of methoxy groups -OCH3 is 1. The Hall–Kier alpha value is -1.12. The average molecular weight is 206 g/mol. The van der Waals surface area contributed by atoms with Gasteiger partial charge in [-0.05, 0) is 18.8 Å². The van der Waals surface area contributed by atoms with Crippen molar-refractivity contribution >= 4 is 0 Å². The molecule has 82 valence electrons. The van der Waals surface area contributed by atoms with Crippen LogP contribution in [0.25, 0.3) is 0 Å². The highest BCUT2D eigenvalue weighted by Gasteiger charge is 2.21. The number of rotatable bonds is 2. The van der Waals surface area contributed by atoms with Crippen molar-refractivity contribution < 1.29 is 4.74 Å². The van der Waals surface area contributed by atoms with Crippen LogP contribution in [-0.2, 0) is 0 Å². The summed E-state index contributed by atoms with van der Waals surface area (Å²) in [5.74, 6) is 3.16. The second kappa shape index (κ2) is 4.60. The lowest BCUT2D eigenvalue weighted by Crippen LogP contribution is -2.13. The normalized spacial score (nSPS) is 26.3. The quantitative estimate of drug-likeness (QED) is 0.746. The molecule has 1 aliphatic rings. The standard InChI is InChI=1S/C12H18N2O/c1-9-3-5-10(6-4-9)12-13-7-11(15-2)8-14-12/h7-10H,3-6H2,1-2H3. The van der Waals surface area contributed by atoms with Gasteiger partial charge in [-0.1, -0.05) is 19.8 Å². The third-order valence-corrected chi connectivity index (χ3v) is 3.26. The molecule has 3 heteroatoms. The Balaban J connectivity index is 2.03. The summed E-state index contributed by atoms with van der Waals surface area (Å²) < 4.78 is 5.05. The van der Waals surface area contributed by atoms with Crippen LogP contribution in [0.3, 0.4) is 0 Å². The molecule has 0 unspecified atom stereocenters. The summed E-state index contributed by atoms with van der Waals surface area (Å²) in [6, 6.07) is 0. The number of ether oxygens (including phenoxy) is 1. The van der Waals surface area contributed by atoms with E-state index in [4.69, 9.17) is 4.74 Å². The first-order valence-electron chi connectivity index (χ1n) is 5.65. The highest BCUT2D eigenvalue weighted by molar-refractivity contribution is 5.13. The van der Waals surface area contributed by atoms with E-state index >= 15 is 0 Å². The molecule has 0 atom stereocenters. The van der Waals surface area contributed by atoms with E-state index in [2.05, 4.69) is 16.9 Å². The molecule has 0 spiro atoms. The van der Waals surface area contributed by atoms with Crippen LogP contribution in [0.1, 0.15) is 44.3 Å². The second-order valence-electron chi connectivity index (χ2n) is 4.44. The van der Waals surface area contributed by atoms with Gasteiger partial charge in [0.25, 0.3) is 0 Å². The SMILES string of the molecule is COc1cnc(C2CCC(C)CC2)nc1. The molecule has 0 aromatic carbocycles. The number of aromatic nitrogens is 2. The lowest BCUT2D eigenvalue weighted by molar-refractivity contribution is 0.338. The molecule has 1 aromatic heterocycles. The van der Waals surface area contributed by atoms with Crippen molar-refractivity contribution in [2.45, 2.75) is 38.5 Å². The molecule has 0 aliphatic heterocycles. The minimum absolute atomic E-state index is 0.562. The van der Waals surface area contributed by atoms with E-state index in [-0.39, 0.29) is 0 Å². The second-order valence-corrected chi connectivity index (χ2v) is 4.44. The van der Waals surface area contributed by atoms with E-state index in [0.717, 1.165) is 17.5 Å². The lowest BCUT2D eigenvalue weighted by Gasteiger charge is -2.24. The van der Waals surface area contributed by atoms with Crippen molar-refractivity contribution in [1.29, 1.82) is 0 Å². The van der Waals surface area contributed by atoms with E-state index in [1.54, 1.807) is 19.5 Å². The zero-order valence-electron chi connectivity index (χ0n) is 9.44. The first kappa shape index (κ1) is 10.4. The summed E-state index contributed by atoms with van der Waals surface area (Å²) in [5, 5.41) is 0. The molecule has 2 rings (SSSR count). The van der Waals surface area contributed by atoms with Gasteiger partial charge >= 0.3 is 0 Å². The van der Waals surface area contributed by atoms with Gasteiger partial charge in [-0.2, -0.15) is 0 Å². The van der Waals surface area contributed by atoms with Gasteiger partial charge in [0, 0.05) is 5.92 Å². The molecule has 1 heterocycles. The number of hydrogen-bond acceptors (Lipinski definition) is 3. The van der Waals surface area contributed by atoms with E-state index in [1.165, 1.54) is 25.7 Å². The zero-order valence-corrected chi connectivity index (χ0v) is 9.44. The minimum Gasteiger partial charge on any atom is -0.494 e. The van der Waals surface area contributed by atoms with Gasteiger partial charge in [-0.25, -0.2) is 9.97 Å². The molecule has 1 fully saturated rings. The van der Waals surface area contributed by atoms with E-state index in [0.29, 0.717) is 5.92 Å². The Morgan fingerprint density at radius 3 is 2.27 bits per heavy atom. The third-order valence-electron chi connectivity index (χ3n) is 3.26. The first-order valence-corrected chi connectivity index (χ1v) is 5.65. The van der Waals surface area contributed by atoms with Crippen molar-refractivity contribution in [1.82, 2.24) is 9.97 Å². The van der Waals surface area contributed by atoms with Gasteiger partial charge in [0.1, 0.15) is 5.82 Å². The maximum Gasteiger partial charge on any atom is 0.155 e. The van der Waals surface area contributed by atoms with Crippen LogP contribution in [0.2, 0.25) is 0 Å². The maximum atomic E-state index is 5.05. The largest absolute Gasteiger partial charge is 0.494 e. The molecule has 0 saturated heterocycles. The summed E-state index contributed by atoms with van der Waals surface area (Å²) in [6.45, 7) is 2.32. The third kappa shape index (κ3) is 2.46. The molecular weight excluding hydrogens is 188 g/mol. The summed E-state index contributed by atoms with van der Waals surface area (Å²) in [7, 11) is 1.64. The average Bonchev–Trinajstić information content (AvgIpc) is 2.30. The molecule has 0 radical (unpaired) electrons. The Kier molecular flexibility index (Phi) is 3.19. The van der Waals surface area contributed by atoms with Crippen molar-refractivity contribution in [2.24, 2.45) is 5.92 Å². The fourth-order valence-electron chi connectivity index (χ4n) is 2.16. The number of nitrogens with zero attached hydrogens (tertiary/aromatic N) is 2. The Bertz CT molecular complexity index is 302. The highest BCUT2D eigenvalue weighted by atomic mass is 16.5. The molecule has 0 amide bonds. The minimum atomic E-state index is 0.562. The van der Waals surface area contributed by atoms with Gasteiger partial charge in [-0.15, -0.1) is 0 Å². The topological polar surface area (TPSA) is 35.0 Å². The first-order chi connectivity index (χ1) is 7.29. The number of hydrogen-bond donors (Lipinski definition) is 0. The van der Waals surface area contributed by atoms with Crippen molar-refractivity contribution in [3.05, 3.63) is 18.2 Å². The van der Waals surface area contributed by atoms with Crippen LogP contribution < -0.4 is 4.74 Å². The van der Waals surface area contributed by atoms with Crippen LogP contribution in [0, 0.1) is 5.92 Å². The van der Waals surface area contributed by atoms with Crippen molar-refractivity contribution in [2.75, 3.05) is 7.11 Å². The monoisotopic (exact) mass is 206 g/mol. The molecule has 0 bridgehead atoms. The smallest absolute Gasteiger partial charge is 0.155 e. The van der Waals surface area contributed by atoms with E-state index in [1.807, 2.05) is 0 Å². The lowest BCUT2D eigenvalue weighted by atomic mass is 9.82. The van der Waals surface area contributed by atoms with Crippen LogP contribution in [0.15, 0.2) is 12.4 Å². The molecule has 0 N–H and O–H groups in total. The van der Waals surface area contributed by atoms with Crippen LogP contribution >= 0.6 is 0 Å². The molecule has 15 heavy (non-hydrogen) atoms. The van der Waals surface area contributed by atoms with Gasteiger partial charge in [0.2, 0.25) is 0 Å². The van der Waals surface area contributed by atoms with Gasteiger partial charge in [0.15, 0.2) is 5.75 Å². The maximum absolute atomic E-state index is 5.05. The Morgan fingerprint density at radius 2 is 1.73 bits per heavy atom. The summed E-state index contributed by atoms with van der Waals surface area (Å²) >= 11 is 0. The van der Waals surface area contributed by atoms with Gasteiger partial charge in [0.05, 0.1) is 19.5 Å². The Morgan fingerprint density at radius 1 is 1.13 bits per heavy atom. The fourth-order valence-corrected chi connectivity index (χ4v) is 2.16. The molecule has 1 aromatic rings. The van der Waals surface area contributed by atoms with Crippen LogP contribution in [0.5, 0.6) is 5.75 Å². The molecular formula is C12H18N2O. The van der Waals surface area contributed by atoms with Crippen LogP contribution in [0.4, 0.5) is 0 Å². The summed E-state index contributed by atoms with van der Waals surface area (Å²) in [5.41, 5.74) is 0. The fraction of sp³-hybridized carbons (Fsp3) is 0.667. The molecule has 1 aliphatic carbocycles. The van der Waals surface area contributed by atoms with Gasteiger partial charge < -0.3 is 4.74 Å². The van der Waals surface area contributed by atoms with Crippen molar-refractivity contribution in [3.63, 3.8) is 0 Å². The molecule has 3 nitrogen and oxygen atoms in total. The predicted octanol–water partition coefficient (Wildman–Crippen LogP) is 2.78. The van der Waals surface area contributed by atoms with Gasteiger partial charge in [-0.3, -0.25) is 0 Å².